The molecule has 0 spiro atoms. The van der Waals surface area contributed by atoms with Crippen LogP contribution in [0.4, 0.5) is 0 Å². The van der Waals surface area contributed by atoms with E-state index in [9.17, 15) is 4.79 Å². The van der Waals surface area contributed by atoms with E-state index >= 15 is 0 Å². The lowest BCUT2D eigenvalue weighted by atomic mass is 10.0. The first-order chi connectivity index (χ1) is 9.56. The Hall–Kier alpha value is -1.97. The molecule has 0 unspecified atom stereocenters. The zero-order chi connectivity index (χ0) is 14.5. The van der Waals surface area contributed by atoms with Crippen LogP contribution in [0.1, 0.15) is 30.8 Å². The van der Waals surface area contributed by atoms with E-state index < -0.39 is 0 Å². The van der Waals surface area contributed by atoms with Crippen molar-refractivity contribution in [3.8, 4) is 0 Å². The first-order valence-electron chi connectivity index (χ1n) is 6.99. The second-order valence-electron chi connectivity index (χ2n) is 5.57. The number of carbonyl (C=O) groups excluding carboxylic acids is 1. The van der Waals surface area contributed by atoms with Crippen molar-refractivity contribution in [3.63, 3.8) is 0 Å². The van der Waals surface area contributed by atoms with Gasteiger partial charge in [0.1, 0.15) is 17.9 Å². The molecular weight excluding hydrogens is 250 g/mol. The monoisotopic (exact) mass is 271 g/mol. The third kappa shape index (κ3) is 3.76. The molecule has 1 aromatic carbocycles. The minimum atomic E-state index is 0.178. The maximum atomic E-state index is 12.2. The van der Waals surface area contributed by atoms with Crippen molar-refractivity contribution in [2.45, 2.75) is 40.2 Å². The van der Waals surface area contributed by atoms with Crippen LogP contribution < -0.4 is 0 Å². The molecule has 4 nitrogen and oxygen atoms in total. The van der Waals surface area contributed by atoms with Crippen LogP contribution in [0.25, 0.3) is 0 Å². The molecule has 0 fully saturated rings. The summed E-state index contributed by atoms with van der Waals surface area (Å²) in [6, 6.07) is 8.00. The SMILES string of the molecule is Cc1ccccc1CC(=O)Cc1ncnn1CC(C)C. The minimum absolute atomic E-state index is 0.178. The van der Waals surface area contributed by atoms with Crippen molar-refractivity contribution < 1.29 is 4.79 Å². The van der Waals surface area contributed by atoms with Crippen molar-refractivity contribution in [1.82, 2.24) is 14.8 Å². The highest BCUT2D eigenvalue weighted by molar-refractivity contribution is 5.82. The first-order valence-corrected chi connectivity index (χ1v) is 6.99. The maximum Gasteiger partial charge on any atom is 0.144 e. The third-order valence-corrected chi connectivity index (χ3v) is 3.24. The van der Waals surface area contributed by atoms with E-state index in [1.54, 1.807) is 0 Å². The van der Waals surface area contributed by atoms with Crippen LogP contribution in [0.5, 0.6) is 0 Å². The Morgan fingerprint density at radius 2 is 2.00 bits per heavy atom. The van der Waals surface area contributed by atoms with E-state index in [0.29, 0.717) is 18.8 Å². The highest BCUT2D eigenvalue weighted by Crippen LogP contribution is 2.10. The molecule has 0 bridgehead atoms. The molecule has 0 aliphatic heterocycles. The summed E-state index contributed by atoms with van der Waals surface area (Å²) in [6.45, 7) is 7.08. The summed E-state index contributed by atoms with van der Waals surface area (Å²) in [5.74, 6) is 1.43. The number of hydrogen-bond acceptors (Lipinski definition) is 3. The number of benzene rings is 1. The number of hydrogen-bond donors (Lipinski definition) is 0. The van der Waals surface area contributed by atoms with Crippen LogP contribution in [-0.4, -0.2) is 20.5 Å². The van der Waals surface area contributed by atoms with Crippen LogP contribution in [-0.2, 0) is 24.2 Å². The van der Waals surface area contributed by atoms with Gasteiger partial charge < -0.3 is 0 Å². The van der Waals surface area contributed by atoms with Gasteiger partial charge in [0.15, 0.2) is 0 Å². The quantitative estimate of drug-likeness (QED) is 0.811. The summed E-state index contributed by atoms with van der Waals surface area (Å²) in [5.41, 5.74) is 2.25. The van der Waals surface area contributed by atoms with Gasteiger partial charge in [-0.3, -0.25) is 4.79 Å². The Kier molecular flexibility index (Phi) is 4.66. The summed E-state index contributed by atoms with van der Waals surface area (Å²) >= 11 is 0. The standard InChI is InChI=1S/C16H21N3O/c1-12(2)10-19-16(17-11-18-19)9-15(20)8-14-7-5-4-6-13(14)3/h4-7,11-12H,8-10H2,1-3H3. The molecule has 2 aromatic rings. The van der Waals surface area contributed by atoms with Crippen LogP contribution in [0, 0.1) is 12.8 Å². The molecular formula is C16H21N3O. The molecule has 2 rings (SSSR count). The van der Waals surface area contributed by atoms with Gasteiger partial charge in [-0.25, -0.2) is 9.67 Å². The van der Waals surface area contributed by atoms with Gasteiger partial charge in [-0.05, 0) is 24.0 Å². The van der Waals surface area contributed by atoms with Crippen molar-refractivity contribution in [3.05, 3.63) is 47.5 Å². The Morgan fingerprint density at radius 1 is 1.25 bits per heavy atom. The smallest absolute Gasteiger partial charge is 0.144 e. The molecule has 0 atom stereocenters. The summed E-state index contributed by atoms with van der Waals surface area (Å²) < 4.78 is 1.83. The Labute approximate surface area is 119 Å². The number of rotatable bonds is 6. The van der Waals surface area contributed by atoms with Crippen molar-refractivity contribution in [2.75, 3.05) is 0 Å². The van der Waals surface area contributed by atoms with Crippen LogP contribution >= 0.6 is 0 Å². The van der Waals surface area contributed by atoms with Gasteiger partial charge in [0, 0.05) is 13.0 Å². The molecule has 106 valence electrons. The minimum Gasteiger partial charge on any atom is -0.299 e. The number of Topliss-reactive ketones (excluding diaryl/α,β-unsaturated/α-hetero) is 1. The van der Waals surface area contributed by atoms with Crippen LogP contribution in [0.15, 0.2) is 30.6 Å². The van der Waals surface area contributed by atoms with Gasteiger partial charge >= 0.3 is 0 Å². The molecule has 4 heteroatoms. The second-order valence-corrected chi connectivity index (χ2v) is 5.57. The lowest BCUT2D eigenvalue weighted by Gasteiger charge is -2.08. The first kappa shape index (κ1) is 14.4. The molecule has 0 amide bonds. The van der Waals surface area contributed by atoms with Gasteiger partial charge in [-0.1, -0.05) is 38.1 Å². The van der Waals surface area contributed by atoms with Crippen molar-refractivity contribution in [2.24, 2.45) is 5.92 Å². The number of aromatic nitrogens is 3. The number of nitrogens with zero attached hydrogens (tertiary/aromatic N) is 3. The van der Waals surface area contributed by atoms with Crippen LogP contribution in [0.3, 0.4) is 0 Å². The summed E-state index contributed by atoms with van der Waals surface area (Å²) in [7, 11) is 0. The molecule has 0 N–H and O–H groups in total. The van der Waals surface area contributed by atoms with E-state index in [4.69, 9.17) is 0 Å². The molecule has 0 saturated carbocycles. The predicted octanol–water partition coefficient (Wildman–Crippen LogP) is 2.60. The average molecular weight is 271 g/mol. The number of aryl methyl sites for hydroxylation is 1. The summed E-state index contributed by atoms with van der Waals surface area (Å²) in [4.78, 5) is 16.4. The summed E-state index contributed by atoms with van der Waals surface area (Å²) in [6.07, 6.45) is 2.33. The molecule has 1 heterocycles. The van der Waals surface area contributed by atoms with Gasteiger partial charge in [0.05, 0.1) is 6.42 Å². The van der Waals surface area contributed by atoms with Gasteiger partial charge in [0.2, 0.25) is 0 Å². The average Bonchev–Trinajstić information content (AvgIpc) is 2.78. The Balaban J connectivity index is 2.02. The topological polar surface area (TPSA) is 47.8 Å². The van der Waals surface area contributed by atoms with Crippen molar-refractivity contribution in [1.29, 1.82) is 0 Å². The van der Waals surface area contributed by atoms with Gasteiger partial charge in [-0.2, -0.15) is 5.10 Å². The molecule has 0 radical (unpaired) electrons. The highest BCUT2D eigenvalue weighted by Gasteiger charge is 2.12. The van der Waals surface area contributed by atoms with Crippen molar-refractivity contribution >= 4 is 5.78 Å². The Bertz CT molecular complexity index is 587. The maximum absolute atomic E-state index is 12.2. The zero-order valence-electron chi connectivity index (χ0n) is 12.3. The molecule has 0 saturated heterocycles. The van der Waals surface area contributed by atoms with E-state index in [1.807, 2.05) is 35.9 Å². The van der Waals surface area contributed by atoms with E-state index in [-0.39, 0.29) is 5.78 Å². The zero-order valence-corrected chi connectivity index (χ0v) is 12.3. The summed E-state index contributed by atoms with van der Waals surface area (Å²) in [5, 5.41) is 4.19. The molecule has 1 aromatic heterocycles. The molecule has 0 aliphatic carbocycles. The second kappa shape index (κ2) is 6.46. The normalized spacial score (nSPS) is 11.0. The van der Waals surface area contributed by atoms with Gasteiger partial charge in [0.25, 0.3) is 0 Å². The Morgan fingerprint density at radius 3 is 2.70 bits per heavy atom. The molecule has 0 aliphatic rings. The fourth-order valence-electron chi connectivity index (χ4n) is 2.18. The van der Waals surface area contributed by atoms with E-state index in [2.05, 4.69) is 23.9 Å². The number of ketones is 1. The fraction of sp³-hybridized carbons (Fsp3) is 0.438. The van der Waals surface area contributed by atoms with Crippen LogP contribution in [0.2, 0.25) is 0 Å². The fourth-order valence-corrected chi connectivity index (χ4v) is 2.18. The predicted molar refractivity (Wildman–Crippen MR) is 78.5 cm³/mol. The third-order valence-electron chi connectivity index (χ3n) is 3.24. The lowest BCUT2D eigenvalue weighted by Crippen LogP contribution is -2.15. The number of carbonyl (C=O) groups is 1. The van der Waals surface area contributed by atoms with E-state index in [1.165, 1.54) is 6.33 Å². The highest BCUT2D eigenvalue weighted by atomic mass is 16.1. The molecule has 20 heavy (non-hydrogen) atoms. The van der Waals surface area contributed by atoms with E-state index in [0.717, 1.165) is 23.5 Å². The largest absolute Gasteiger partial charge is 0.299 e. The lowest BCUT2D eigenvalue weighted by molar-refractivity contribution is -0.118. The van der Waals surface area contributed by atoms with Gasteiger partial charge in [-0.15, -0.1) is 0 Å².